The number of aromatic nitrogens is 2. The van der Waals surface area contributed by atoms with E-state index in [1.54, 1.807) is 20.1 Å². The number of nitrogens with zero attached hydrogens (tertiary/aromatic N) is 3. The third-order valence-corrected chi connectivity index (χ3v) is 4.10. The maximum atomic E-state index is 12.4. The molecule has 23 heavy (non-hydrogen) atoms. The molecule has 1 saturated heterocycles. The summed E-state index contributed by atoms with van der Waals surface area (Å²) in [6.07, 6.45) is 2.44. The molecule has 2 aromatic rings. The number of nitrogens with one attached hydrogen (secondary N) is 1. The van der Waals surface area contributed by atoms with Gasteiger partial charge in [0.05, 0.1) is 30.3 Å². The minimum atomic E-state index is -0.0933. The summed E-state index contributed by atoms with van der Waals surface area (Å²) in [6.45, 7) is 3.44. The van der Waals surface area contributed by atoms with Crippen LogP contribution in [0.3, 0.4) is 0 Å². The number of ether oxygens (including phenoxy) is 1. The van der Waals surface area contributed by atoms with Crippen LogP contribution in [0, 0.1) is 6.92 Å². The first-order valence-corrected chi connectivity index (χ1v) is 7.66. The topological polar surface area (TPSA) is 67.3 Å². The van der Waals surface area contributed by atoms with E-state index in [1.807, 2.05) is 24.3 Å². The molecule has 1 aromatic carbocycles. The van der Waals surface area contributed by atoms with Gasteiger partial charge in [-0.3, -0.25) is 4.79 Å². The Morgan fingerprint density at radius 1 is 1.35 bits per heavy atom. The van der Waals surface area contributed by atoms with Crippen LogP contribution in [0.4, 0.5) is 5.69 Å². The zero-order chi connectivity index (χ0) is 16.2. The summed E-state index contributed by atoms with van der Waals surface area (Å²) >= 11 is 0. The highest BCUT2D eigenvalue weighted by Gasteiger charge is 2.26. The lowest BCUT2D eigenvalue weighted by Gasteiger charge is -2.21. The van der Waals surface area contributed by atoms with Crippen molar-refractivity contribution in [3.05, 3.63) is 47.8 Å². The highest BCUT2D eigenvalue weighted by atomic mass is 16.5. The molecule has 0 saturated carbocycles. The van der Waals surface area contributed by atoms with Crippen LogP contribution in [0.1, 0.15) is 22.5 Å². The number of para-hydroxylation sites is 2. The molecule has 1 aliphatic rings. The highest BCUT2D eigenvalue weighted by molar-refractivity contribution is 5.95. The van der Waals surface area contributed by atoms with Gasteiger partial charge in [-0.05, 0) is 31.5 Å². The Labute approximate surface area is 135 Å². The third-order valence-electron chi connectivity index (χ3n) is 4.10. The van der Waals surface area contributed by atoms with Crippen molar-refractivity contribution in [3.8, 4) is 5.75 Å². The van der Waals surface area contributed by atoms with Crippen molar-refractivity contribution in [2.75, 3.05) is 25.1 Å². The van der Waals surface area contributed by atoms with Crippen molar-refractivity contribution in [1.82, 2.24) is 15.5 Å². The Morgan fingerprint density at radius 2 is 2.17 bits per heavy atom. The molecule has 1 aliphatic heterocycles. The van der Waals surface area contributed by atoms with Gasteiger partial charge in [-0.1, -0.05) is 12.1 Å². The number of rotatable bonds is 4. The van der Waals surface area contributed by atoms with E-state index in [4.69, 9.17) is 4.74 Å². The monoisotopic (exact) mass is 312 g/mol. The van der Waals surface area contributed by atoms with E-state index in [0.29, 0.717) is 11.3 Å². The average molecular weight is 312 g/mol. The van der Waals surface area contributed by atoms with Gasteiger partial charge in [-0.2, -0.15) is 10.2 Å². The Hall–Kier alpha value is -2.63. The summed E-state index contributed by atoms with van der Waals surface area (Å²) in [5.41, 5.74) is 2.29. The van der Waals surface area contributed by atoms with Gasteiger partial charge in [0.2, 0.25) is 0 Å². The number of amides is 1. The van der Waals surface area contributed by atoms with Crippen molar-refractivity contribution >= 4 is 11.6 Å². The zero-order valence-corrected chi connectivity index (χ0v) is 13.3. The van der Waals surface area contributed by atoms with Crippen molar-refractivity contribution < 1.29 is 9.53 Å². The molecule has 0 spiro atoms. The number of benzene rings is 1. The smallest absolute Gasteiger partial charge is 0.253 e. The van der Waals surface area contributed by atoms with E-state index in [0.717, 1.165) is 30.9 Å². The Bertz CT molecular complexity index is 704. The van der Waals surface area contributed by atoms with Crippen molar-refractivity contribution in [2.45, 2.75) is 19.4 Å². The largest absolute Gasteiger partial charge is 0.495 e. The molecule has 3 rings (SSSR count). The van der Waals surface area contributed by atoms with Crippen molar-refractivity contribution in [2.24, 2.45) is 0 Å². The predicted molar refractivity (Wildman–Crippen MR) is 87.8 cm³/mol. The molecule has 1 atom stereocenters. The molecule has 1 amide bonds. The molecule has 120 valence electrons. The highest BCUT2D eigenvalue weighted by Crippen LogP contribution is 2.30. The van der Waals surface area contributed by atoms with Gasteiger partial charge >= 0.3 is 0 Å². The Kier molecular flexibility index (Phi) is 4.41. The molecule has 6 nitrogen and oxygen atoms in total. The third kappa shape index (κ3) is 3.26. The lowest BCUT2D eigenvalue weighted by atomic mass is 10.2. The number of carbonyl (C=O) groups is 1. The number of aryl methyl sites for hydroxylation is 1. The van der Waals surface area contributed by atoms with Gasteiger partial charge in [-0.25, -0.2) is 0 Å². The lowest BCUT2D eigenvalue weighted by molar-refractivity contribution is 0.0939. The average Bonchev–Trinajstić information content (AvgIpc) is 3.03. The van der Waals surface area contributed by atoms with Gasteiger partial charge < -0.3 is 15.0 Å². The van der Waals surface area contributed by atoms with Crippen LogP contribution in [0.2, 0.25) is 0 Å². The summed E-state index contributed by atoms with van der Waals surface area (Å²) in [6, 6.07) is 9.75. The quantitative estimate of drug-likeness (QED) is 0.932. The van der Waals surface area contributed by atoms with E-state index in [9.17, 15) is 4.79 Å². The lowest BCUT2D eigenvalue weighted by Crippen LogP contribution is -2.37. The summed E-state index contributed by atoms with van der Waals surface area (Å²) < 4.78 is 5.41. The van der Waals surface area contributed by atoms with Crippen LogP contribution < -0.4 is 15.0 Å². The Balaban J connectivity index is 1.66. The second kappa shape index (κ2) is 6.64. The summed E-state index contributed by atoms with van der Waals surface area (Å²) in [4.78, 5) is 14.6. The minimum absolute atomic E-state index is 0.0933. The first-order valence-electron chi connectivity index (χ1n) is 7.66. The minimum Gasteiger partial charge on any atom is -0.495 e. The van der Waals surface area contributed by atoms with E-state index in [1.165, 1.54) is 6.20 Å². The van der Waals surface area contributed by atoms with E-state index >= 15 is 0 Å². The fourth-order valence-electron chi connectivity index (χ4n) is 2.89. The molecule has 0 bridgehead atoms. The second-order valence-corrected chi connectivity index (χ2v) is 5.61. The van der Waals surface area contributed by atoms with Crippen LogP contribution in [-0.4, -0.2) is 42.3 Å². The van der Waals surface area contributed by atoms with Crippen molar-refractivity contribution in [1.29, 1.82) is 0 Å². The molecule has 1 N–H and O–H groups in total. The fourth-order valence-corrected chi connectivity index (χ4v) is 2.89. The SMILES string of the molecule is COc1ccccc1N1CCC(NC(=O)c2ccnnc2C)C1. The standard InChI is InChI=1S/C17H20N4O2/c1-12-14(7-9-18-20-12)17(22)19-13-8-10-21(11-13)15-5-3-4-6-16(15)23-2/h3-7,9,13H,8,10-11H2,1-2H3,(H,19,22). The van der Waals surface area contributed by atoms with Gasteiger partial charge in [-0.15, -0.1) is 0 Å². The number of hydrogen-bond donors (Lipinski definition) is 1. The van der Waals surface area contributed by atoms with Crippen LogP contribution in [-0.2, 0) is 0 Å². The molecule has 1 fully saturated rings. The zero-order valence-electron chi connectivity index (χ0n) is 13.3. The number of carbonyl (C=O) groups excluding carboxylic acids is 1. The molecular weight excluding hydrogens is 292 g/mol. The summed E-state index contributed by atoms with van der Waals surface area (Å²) in [7, 11) is 1.67. The van der Waals surface area contributed by atoms with Crippen LogP contribution in [0.25, 0.3) is 0 Å². The predicted octanol–water partition coefficient (Wildman–Crippen LogP) is 1.80. The first-order chi connectivity index (χ1) is 11.2. The number of anilines is 1. The molecule has 2 heterocycles. The van der Waals surface area contributed by atoms with E-state index < -0.39 is 0 Å². The Morgan fingerprint density at radius 3 is 2.96 bits per heavy atom. The van der Waals surface area contributed by atoms with E-state index in [2.05, 4.69) is 20.4 Å². The van der Waals surface area contributed by atoms with Crippen molar-refractivity contribution in [3.63, 3.8) is 0 Å². The van der Waals surface area contributed by atoms with Crippen LogP contribution in [0.5, 0.6) is 5.75 Å². The summed E-state index contributed by atoms with van der Waals surface area (Å²) in [5.74, 6) is 0.762. The maximum Gasteiger partial charge on any atom is 0.253 e. The van der Waals surface area contributed by atoms with Crippen LogP contribution in [0.15, 0.2) is 36.5 Å². The normalized spacial score (nSPS) is 17.1. The summed E-state index contributed by atoms with van der Waals surface area (Å²) in [5, 5.41) is 10.8. The maximum absolute atomic E-state index is 12.4. The van der Waals surface area contributed by atoms with E-state index in [-0.39, 0.29) is 11.9 Å². The van der Waals surface area contributed by atoms with Gasteiger partial charge in [0.25, 0.3) is 5.91 Å². The molecule has 1 aromatic heterocycles. The van der Waals surface area contributed by atoms with Crippen LogP contribution >= 0.6 is 0 Å². The second-order valence-electron chi connectivity index (χ2n) is 5.61. The molecule has 0 aliphatic carbocycles. The fraction of sp³-hybridized carbons (Fsp3) is 0.353. The molecule has 1 unspecified atom stereocenters. The molecule has 6 heteroatoms. The number of hydrogen-bond acceptors (Lipinski definition) is 5. The number of methoxy groups -OCH3 is 1. The van der Waals surface area contributed by atoms with Gasteiger partial charge in [0.15, 0.2) is 0 Å². The molecular formula is C17H20N4O2. The van der Waals surface area contributed by atoms with Gasteiger partial charge in [0.1, 0.15) is 5.75 Å². The molecule has 0 radical (unpaired) electrons. The first kappa shape index (κ1) is 15.3. The van der Waals surface area contributed by atoms with Gasteiger partial charge in [0, 0.05) is 19.1 Å².